The highest BCUT2D eigenvalue weighted by molar-refractivity contribution is 5.78. The number of nitrogens with one attached hydrogen (secondary N) is 3. The van der Waals surface area contributed by atoms with E-state index in [9.17, 15) is 4.79 Å². The molecule has 0 saturated heterocycles. The van der Waals surface area contributed by atoms with E-state index in [1.54, 1.807) is 12.3 Å². The predicted molar refractivity (Wildman–Crippen MR) is 126 cm³/mol. The third kappa shape index (κ3) is 5.68. The van der Waals surface area contributed by atoms with Crippen LogP contribution in [0.1, 0.15) is 37.6 Å². The van der Waals surface area contributed by atoms with Crippen LogP contribution in [0.25, 0.3) is 22.6 Å². The molecule has 11 nitrogen and oxygen atoms in total. The Kier molecular flexibility index (Phi) is 5.82. The Hall–Kier alpha value is -3.89. The number of aromatic amines is 1. The summed E-state index contributed by atoms with van der Waals surface area (Å²) < 4.78 is 31.8. The second-order valence-corrected chi connectivity index (χ2v) is 8.45. The van der Waals surface area contributed by atoms with Crippen molar-refractivity contribution >= 4 is 17.9 Å². The molecule has 176 valence electrons. The van der Waals surface area contributed by atoms with Crippen LogP contribution in [0.2, 0.25) is 0 Å². The molecule has 0 aliphatic heterocycles. The minimum Gasteiger partial charge on any atom is -0.493 e. The molecule has 0 saturated carbocycles. The van der Waals surface area contributed by atoms with Gasteiger partial charge >= 0.3 is 6.09 Å². The zero-order valence-corrected chi connectivity index (χ0v) is 19.2. The van der Waals surface area contributed by atoms with E-state index in [2.05, 4.69) is 35.3 Å². The molecule has 11 heteroatoms. The lowest BCUT2D eigenvalue weighted by atomic mass is 9.96. The van der Waals surface area contributed by atoms with E-state index in [0.717, 1.165) is 0 Å². The smallest absolute Gasteiger partial charge is 0.407 e. The van der Waals surface area contributed by atoms with Gasteiger partial charge in [0.25, 0.3) is 0 Å². The summed E-state index contributed by atoms with van der Waals surface area (Å²) in [4.78, 5) is 32.4. The number of ether oxygens (including phenoxy) is 2. The number of aromatic nitrogens is 5. The van der Waals surface area contributed by atoms with E-state index in [1.807, 2.05) is 27.7 Å². The van der Waals surface area contributed by atoms with Crippen molar-refractivity contribution in [2.45, 2.75) is 39.2 Å². The molecule has 3 heterocycles. The van der Waals surface area contributed by atoms with E-state index in [0.29, 0.717) is 41.0 Å². The first-order valence-corrected chi connectivity index (χ1v) is 10.2. The quantitative estimate of drug-likeness (QED) is 0.419. The highest BCUT2D eigenvalue weighted by atomic mass is 16.5. The van der Waals surface area contributed by atoms with Crippen LogP contribution in [0.15, 0.2) is 24.5 Å². The van der Waals surface area contributed by atoms with Crippen molar-refractivity contribution in [1.29, 1.82) is 0 Å². The normalized spacial score (nSPS) is 13.9. The first-order valence-electron chi connectivity index (χ1n) is 11.7. The molecule has 0 aliphatic carbocycles. The fraction of sp³-hybridized carbons (Fsp3) is 0.409. The van der Waals surface area contributed by atoms with E-state index in [4.69, 9.17) is 19.6 Å². The Bertz CT molecular complexity index is 1220. The summed E-state index contributed by atoms with van der Waals surface area (Å²) in [5.74, 6) is 0.902. The summed E-state index contributed by atoms with van der Waals surface area (Å²) in [7, 11) is -1.39. The molecule has 3 aromatic heterocycles. The van der Waals surface area contributed by atoms with Gasteiger partial charge in [0, 0.05) is 36.0 Å². The van der Waals surface area contributed by atoms with Crippen LogP contribution in [0.3, 0.4) is 0 Å². The molecule has 0 bridgehead atoms. The second kappa shape index (κ2) is 9.72. The highest BCUT2D eigenvalue weighted by Gasteiger charge is 2.24. The lowest BCUT2D eigenvalue weighted by Gasteiger charge is -2.14. The number of nitrogen functional groups attached to an aromatic ring is 1. The first-order chi connectivity index (χ1) is 16.8. The summed E-state index contributed by atoms with van der Waals surface area (Å²) in [5.41, 5.74) is 7.62. The number of carbonyl (C=O) groups excluding carboxylic acids is 1. The Morgan fingerprint density at radius 2 is 2.12 bits per heavy atom. The number of hydrogen-bond acceptors (Lipinski definition) is 9. The maximum atomic E-state index is 11.4. The van der Waals surface area contributed by atoms with Crippen molar-refractivity contribution < 1.29 is 18.4 Å². The Morgan fingerprint density at radius 3 is 2.82 bits per heavy atom. The molecule has 5 N–H and O–H groups in total. The number of hydrogen-bond donors (Lipinski definition) is 4. The van der Waals surface area contributed by atoms with Gasteiger partial charge in [0.2, 0.25) is 5.95 Å². The summed E-state index contributed by atoms with van der Waals surface area (Å²) in [6.45, 7) is 8.19. The maximum Gasteiger partial charge on any atom is 0.407 e. The van der Waals surface area contributed by atoms with Crippen molar-refractivity contribution in [3.63, 3.8) is 0 Å². The summed E-state index contributed by atoms with van der Waals surface area (Å²) in [6, 6.07) is 2.97. The SMILES string of the molecule is [2H]C([2H])([2H])Oc1cc(-c2nc(C(C)(C)C)[nH]c2-c2ccnc(NC[C@H](C)NC(=O)OC)n2)cnc1N. The lowest BCUT2D eigenvalue weighted by Crippen LogP contribution is -2.37. The van der Waals surface area contributed by atoms with E-state index in [1.165, 1.54) is 19.4 Å². The van der Waals surface area contributed by atoms with Gasteiger partial charge in [-0.15, -0.1) is 0 Å². The predicted octanol–water partition coefficient (Wildman–Crippen LogP) is 2.97. The maximum absolute atomic E-state index is 11.4. The topological polar surface area (TPSA) is 153 Å². The molecule has 3 aromatic rings. The van der Waals surface area contributed by atoms with Crippen LogP contribution in [-0.4, -0.2) is 57.7 Å². The number of pyridine rings is 1. The third-order valence-corrected chi connectivity index (χ3v) is 4.71. The number of anilines is 2. The molecule has 0 aliphatic rings. The van der Waals surface area contributed by atoms with Gasteiger partial charge in [-0.3, -0.25) is 0 Å². The molecule has 0 aromatic carbocycles. The highest BCUT2D eigenvalue weighted by Crippen LogP contribution is 2.34. The first kappa shape index (κ1) is 19.8. The van der Waals surface area contributed by atoms with Gasteiger partial charge in [-0.05, 0) is 19.1 Å². The van der Waals surface area contributed by atoms with E-state index < -0.39 is 13.1 Å². The van der Waals surface area contributed by atoms with Gasteiger partial charge < -0.3 is 30.8 Å². The lowest BCUT2D eigenvalue weighted by molar-refractivity contribution is 0.168. The zero-order chi connectivity index (χ0) is 26.7. The Labute approximate surface area is 196 Å². The van der Waals surface area contributed by atoms with E-state index >= 15 is 0 Å². The molecule has 3 rings (SSSR count). The number of nitrogens with zero attached hydrogens (tertiary/aromatic N) is 4. The van der Waals surface area contributed by atoms with Crippen molar-refractivity contribution in [2.75, 3.05) is 31.7 Å². The van der Waals surface area contributed by atoms with Gasteiger partial charge in [-0.2, -0.15) is 0 Å². The van der Waals surface area contributed by atoms with E-state index in [-0.39, 0.29) is 23.0 Å². The molecule has 0 spiro atoms. The molecule has 0 radical (unpaired) electrons. The summed E-state index contributed by atoms with van der Waals surface area (Å²) in [6.07, 6.45) is 2.55. The van der Waals surface area contributed by atoms with Crippen molar-refractivity contribution in [3.05, 3.63) is 30.4 Å². The van der Waals surface area contributed by atoms with Gasteiger partial charge in [0.15, 0.2) is 11.6 Å². The second-order valence-electron chi connectivity index (χ2n) is 8.45. The average molecular weight is 458 g/mol. The van der Waals surface area contributed by atoms with Crippen molar-refractivity contribution in [2.24, 2.45) is 0 Å². The largest absolute Gasteiger partial charge is 0.493 e. The van der Waals surface area contributed by atoms with Gasteiger partial charge in [-0.25, -0.2) is 24.7 Å². The number of nitrogens with two attached hydrogens (primary N) is 1. The van der Waals surface area contributed by atoms with Crippen molar-refractivity contribution in [1.82, 2.24) is 30.2 Å². The Morgan fingerprint density at radius 1 is 1.33 bits per heavy atom. The number of alkyl carbamates (subject to hydrolysis) is 1. The van der Waals surface area contributed by atoms with Crippen LogP contribution < -0.4 is 21.1 Å². The minimum absolute atomic E-state index is 0.0498. The standard InChI is InChI=1S/C22H30N8O3/c1-12(27-21(31)33-6)10-26-20-24-8-7-14(28-20)17-16(29-19(30-17)22(2,3)4)13-9-15(32-5)18(23)25-11-13/h7-9,11-12H,10H2,1-6H3,(H2,23,25)(H,27,31)(H,29,30)(H,24,26,28)/t12-/m0/s1/i5D3. The average Bonchev–Trinajstić information content (AvgIpc) is 3.24. The number of amides is 1. The van der Waals surface area contributed by atoms with Gasteiger partial charge in [0.05, 0.1) is 35.3 Å². The van der Waals surface area contributed by atoms with Crippen molar-refractivity contribution in [3.8, 4) is 28.4 Å². The molecule has 1 atom stereocenters. The van der Waals surface area contributed by atoms with Crippen LogP contribution in [0, 0.1) is 0 Å². The van der Waals surface area contributed by atoms with Crippen LogP contribution in [0.4, 0.5) is 16.6 Å². The Balaban J connectivity index is 1.99. The van der Waals surface area contributed by atoms with Gasteiger partial charge in [-0.1, -0.05) is 20.8 Å². The summed E-state index contributed by atoms with van der Waals surface area (Å²) in [5, 5.41) is 5.74. The molecule has 1 amide bonds. The summed E-state index contributed by atoms with van der Waals surface area (Å²) >= 11 is 0. The monoisotopic (exact) mass is 457 g/mol. The number of carbonyl (C=O) groups is 1. The fourth-order valence-corrected chi connectivity index (χ4v) is 2.93. The minimum atomic E-state index is -2.69. The molecule has 33 heavy (non-hydrogen) atoms. The zero-order valence-electron chi connectivity index (χ0n) is 22.2. The number of methoxy groups -OCH3 is 2. The van der Waals surface area contributed by atoms with Crippen LogP contribution in [-0.2, 0) is 10.2 Å². The molecule has 0 fully saturated rings. The van der Waals surface area contributed by atoms with Crippen LogP contribution in [0.5, 0.6) is 5.75 Å². The van der Waals surface area contributed by atoms with Gasteiger partial charge in [0.1, 0.15) is 5.82 Å². The molecular weight excluding hydrogens is 424 g/mol. The number of H-pyrrole nitrogens is 1. The number of rotatable bonds is 7. The molecular formula is C22H30N8O3. The van der Waals surface area contributed by atoms with Crippen LogP contribution >= 0.6 is 0 Å². The third-order valence-electron chi connectivity index (χ3n) is 4.71. The fourth-order valence-electron chi connectivity index (χ4n) is 2.93. The number of imidazole rings is 1. The molecule has 0 unspecified atom stereocenters.